The van der Waals surface area contributed by atoms with Crippen molar-refractivity contribution < 1.29 is 24.2 Å². The lowest BCUT2D eigenvalue weighted by atomic mass is 9.82. The monoisotopic (exact) mass is 794 g/mol. The number of aliphatic hydroxyl groups excluding tert-OH is 1. The first kappa shape index (κ1) is 54.9. The first-order chi connectivity index (χ1) is 27.0. The Bertz CT molecular complexity index is 858. The number of rotatable bonds is 43. The standard InChI is InChI=1S/C50H99NO5/c1-8-11-14-17-20-25-32-45-55-48(54)50(6,7)40-28-23-24-29-41-51(42-30-31-44-52)43-34-39-49(4,5)38-33-37-47(53)56-46(35-26-21-18-15-12-9-2)36-27-22-19-16-13-10-3/h46,52H,8-45H2,1-7H3. The van der Waals surface area contributed by atoms with Crippen molar-refractivity contribution in [2.24, 2.45) is 10.8 Å². The predicted octanol–water partition coefficient (Wildman–Crippen LogP) is 14.7. The van der Waals surface area contributed by atoms with Gasteiger partial charge in [0.25, 0.3) is 0 Å². The van der Waals surface area contributed by atoms with Gasteiger partial charge in [0.05, 0.1) is 12.0 Å². The molecular formula is C50H99NO5. The summed E-state index contributed by atoms with van der Waals surface area (Å²) in [4.78, 5) is 28.3. The number of esters is 2. The third kappa shape index (κ3) is 34.9. The molecule has 6 heteroatoms. The van der Waals surface area contributed by atoms with Crippen LogP contribution in [0.15, 0.2) is 0 Å². The molecule has 0 amide bonds. The van der Waals surface area contributed by atoms with Crippen LogP contribution in [-0.2, 0) is 19.1 Å². The van der Waals surface area contributed by atoms with Crippen molar-refractivity contribution in [3.63, 3.8) is 0 Å². The summed E-state index contributed by atoms with van der Waals surface area (Å²) in [5.74, 6) is -0.0206. The summed E-state index contributed by atoms with van der Waals surface area (Å²) < 4.78 is 11.8. The Balaban J connectivity index is 4.50. The molecule has 0 saturated carbocycles. The summed E-state index contributed by atoms with van der Waals surface area (Å²) in [6.45, 7) is 19.6. The summed E-state index contributed by atoms with van der Waals surface area (Å²) in [5.41, 5.74) is -0.205. The van der Waals surface area contributed by atoms with Crippen molar-refractivity contribution in [2.75, 3.05) is 32.8 Å². The van der Waals surface area contributed by atoms with E-state index in [9.17, 15) is 14.7 Å². The molecule has 6 nitrogen and oxygen atoms in total. The van der Waals surface area contributed by atoms with Crippen LogP contribution in [0.5, 0.6) is 0 Å². The highest BCUT2D eigenvalue weighted by atomic mass is 16.5. The van der Waals surface area contributed by atoms with Gasteiger partial charge in [-0.15, -0.1) is 0 Å². The minimum Gasteiger partial charge on any atom is -0.465 e. The van der Waals surface area contributed by atoms with Gasteiger partial charge in [-0.25, -0.2) is 0 Å². The molecule has 0 spiro atoms. The van der Waals surface area contributed by atoms with Crippen LogP contribution in [0.2, 0.25) is 0 Å². The van der Waals surface area contributed by atoms with Gasteiger partial charge in [-0.2, -0.15) is 0 Å². The predicted molar refractivity (Wildman–Crippen MR) is 241 cm³/mol. The topological polar surface area (TPSA) is 76.1 Å². The summed E-state index contributed by atoms with van der Waals surface area (Å²) in [5, 5.41) is 9.38. The number of carbonyl (C=O) groups is 2. The smallest absolute Gasteiger partial charge is 0.311 e. The van der Waals surface area contributed by atoms with Crippen molar-refractivity contribution in [1.29, 1.82) is 0 Å². The fraction of sp³-hybridized carbons (Fsp3) is 0.960. The molecule has 0 rings (SSSR count). The fourth-order valence-corrected chi connectivity index (χ4v) is 7.99. The molecular weight excluding hydrogens is 695 g/mol. The molecule has 0 atom stereocenters. The van der Waals surface area contributed by atoms with Crippen molar-refractivity contribution in [3.05, 3.63) is 0 Å². The summed E-state index contributed by atoms with van der Waals surface area (Å²) in [6, 6.07) is 0. The van der Waals surface area contributed by atoms with E-state index >= 15 is 0 Å². The molecule has 0 radical (unpaired) electrons. The molecule has 1 N–H and O–H groups in total. The van der Waals surface area contributed by atoms with Crippen LogP contribution in [0.25, 0.3) is 0 Å². The van der Waals surface area contributed by atoms with E-state index in [1.165, 1.54) is 122 Å². The molecule has 0 aromatic rings. The van der Waals surface area contributed by atoms with Crippen LogP contribution in [0.4, 0.5) is 0 Å². The minimum atomic E-state index is -0.409. The van der Waals surface area contributed by atoms with Crippen LogP contribution in [0, 0.1) is 10.8 Å². The lowest BCUT2D eigenvalue weighted by Gasteiger charge is -2.28. The highest BCUT2D eigenvalue weighted by molar-refractivity contribution is 5.75. The molecule has 0 heterocycles. The largest absolute Gasteiger partial charge is 0.465 e. The maximum atomic E-state index is 13.0. The Labute approximate surface area is 350 Å². The van der Waals surface area contributed by atoms with Gasteiger partial charge in [-0.3, -0.25) is 9.59 Å². The van der Waals surface area contributed by atoms with E-state index in [0.717, 1.165) is 103 Å². The van der Waals surface area contributed by atoms with E-state index in [0.29, 0.717) is 13.0 Å². The maximum absolute atomic E-state index is 13.0. The number of ether oxygens (including phenoxy) is 2. The van der Waals surface area contributed by atoms with Gasteiger partial charge in [-0.05, 0) is 122 Å². The van der Waals surface area contributed by atoms with Gasteiger partial charge in [0, 0.05) is 13.0 Å². The quantitative estimate of drug-likeness (QED) is 0.0489. The van der Waals surface area contributed by atoms with E-state index in [1.807, 2.05) is 13.8 Å². The lowest BCUT2D eigenvalue weighted by molar-refractivity contribution is -0.154. The summed E-state index contributed by atoms with van der Waals surface area (Å²) in [7, 11) is 0. The Morgan fingerprint density at radius 2 is 0.964 bits per heavy atom. The van der Waals surface area contributed by atoms with Crippen molar-refractivity contribution in [1.82, 2.24) is 4.90 Å². The number of aliphatic hydroxyl groups is 1. The highest BCUT2D eigenvalue weighted by Crippen LogP contribution is 2.30. The molecule has 0 aliphatic carbocycles. The molecule has 0 saturated heterocycles. The Kier molecular flexibility index (Phi) is 37.3. The zero-order valence-electron chi connectivity index (χ0n) is 39.0. The van der Waals surface area contributed by atoms with Gasteiger partial charge in [0.2, 0.25) is 0 Å². The second-order valence-corrected chi connectivity index (χ2v) is 18.9. The third-order valence-corrected chi connectivity index (χ3v) is 12.1. The van der Waals surface area contributed by atoms with Crippen LogP contribution < -0.4 is 0 Å². The second-order valence-electron chi connectivity index (χ2n) is 18.9. The summed E-state index contributed by atoms with van der Waals surface area (Å²) in [6.07, 6.45) is 38.3. The van der Waals surface area contributed by atoms with Gasteiger partial charge >= 0.3 is 11.9 Å². The lowest BCUT2D eigenvalue weighted by Crippen LogP contribution is -2.28. The van der Waals surface area contributed by atoms with Crippen LogP contribution in [0.3, 0.4) is 0 Å². The zero-order chi connectivity index (χ0) is 41.6. The van der Waals surface area contributed by atoms with Crippen molar-refractivity contribution in [2.45, 2.75) is 266 Å². The maximum Gasteiger partial charge on any atom is 0.311 e. The Morgan fingerprint density at radius 1 is 0.518 bits per heavy atom. The fourth-order valence-electron chi connectivity index (χ4n) is 7.99. The molecule has 56 heavy (non-hydrogen) atoms. The Hall–Kier alpha value is -1.14. The molecule has 0 aliphatic rings. The van der Waals surface area contributed by atoms with Gasteiger partial charge < -0.3 is 19.5 Å². The summed E-state index contributed by atoms with van der Waals surface area (Å²) >= 11 is 0. The molecule has 0 aromatic heterocycles. The second kappa shape index (κ2) is 38.1. The van der Waals surface area contributed by atoms with E-state index in [1.54, 1.807) is 0 Å². The van der Waals surface area contributed by atoms with Crippen molar-refractivity contribution in [3.8, 4) is 0 Å². The third-order valence-electron chi connectivity index (χ3n) is 12.1. The number of nitrogens with zero attached hydrogens (tertiary/aromatic N) is 1. The van der Waals surface area contributed by atoms with Crippen LogP contribution in [0.1, 0.15) is 260 Å². The average molecular weight is 794 g/mol. The van der Waals surface area contributed by atoms with Crippen molar-refractivity contribution >= 4 is 11.9 Å². The molecule has 0 aromatic carbocycles. The number of carbonyl (C=O) groups excluding carboxylic acids is 2. The van der Waals surface area contributed by atoms with E-state index in [4.69, 9.17) is 9.47 Å². The average Bonchev–Trinajstić information content (AvgIpc) is 3.16. The zero-order valence-corrected chi connectivity index (χ0v) is 39.0. The molecule has 0 bridgehead atoms. The Morgan fingerprint density at radius 3 is 1.52 bits per heavy atom. The SMILES string of the molecule is CCCCCCCCCOC(=O)C(C)(C)CCCCCCN(CCCCO)CCCC(C)(C)CCCC(=O)OC(CCCCCCCC)CCCCCCCC. The van der Waals surface area contributed by atoms with Gasteiger partial charge in [0.15, 0.2) is 0 Å². The van der Waals surface area contributed by atoms with E-state index in [-0.39, 0.29) is 30.1 Å². The highest BCUT2D eigenvalue weighted by Gasteiger charge is 2.28. The first-order valence-corrected chi connectivity index (χ1v) is 24.7. The number of unbranched alkanes of at least 4 members (excludes halogenated alkanes) is 20. The number of hydrogen-bond acceptors (Lipinski definition) is 6. The molecule has 0 fully saturated rings. The van der Waals surface area contributed by atoms with E-state index < -0.39 is 5.41 Å². The van der Waals surface area contributed by atoms with Gasteiger partial charge in [0.1, 0.15) is 6.10 Å². The van der Waals surface area contributed by atoms with Crippen LogP contribution >= 0.6 is 0 Å². The molecule has 0 unspecified atom stereocenters. The number of hydrogen-bond donors (Lipinski definition) is 1. The van der Waals surface area contributed by atoms with E-state index in [2.05, 4.69) is 39.5 Å². The van der Waals surface area contributed by atoms with Gasteiger partial charge in [-0.1, -0.05) is 157 Å². The molecule has 0 aliphatic heterocycles. The van der Waals surface area contributed by atoms with Crippen LogP contribution in [-0.4, -0.2) is 60.9 Å². The normalized spacial score (nSPS) is 12.2. The minimum absolute atomic E-state index is 0.0140. The first-order valence-electron chi connectivity index (χ1n) is 24.7. The molecule has 334 valence electrons.